The van der Waals surface area contributed by atoms with Gasteiger partial charge in [0.1, 0.15) is 5.84 Å². The summed E-state index contributed by atoms with van der Waals surface area (Å²) < 4.78 is 0. The van der Waals surface area contributed by atoms with Gasteiger partial charge in [0.2, 0.25) is 0 Å². The lowest BCUT2D eigenvalue weighted by Crippen LogP contribution is -2.39. The molecule has 0 aliphatic rings. The topological polar surface area (TPSA) is 50.4 Å². The molecule has 0 fully saturated rings. The van der Waals surface area contributed by atoms with Gasteiger partial charge in [-0.05, 0) is 45.6 Å². The number of nitrogens with zero attached hydrogens (tertiary/aromatic N) is 1. The van der Waals surface area contributed by atoms with Crippen LogP contribution in [0.15, 0.2) is 17.1 Å². The Kier molecular flexibility index (Phi) is 11.7. The van der Waals surface area contributed by atoms with Gasteiger partial charge in [-0.1, -0.05) is 38.8 Å². The third kappa shape index (κ3) is 9.71. The summed E-state index contributed by atoms with van der Waals surface area (Å²) in [6, 6.07) is 0.237. The molecule has 2 unspecified atom stereocenters. The molecule has 2 atom stereocenters. The van der Waals surface area contributed by atoms with Crippen LogP contribution in [0.3, 0.4) is 0 Å². The third-order valence-electron chi connectivity index (χ3n) is 3.49. The Hall–Kier alpha value is -0.830. The second-order valence-corrected chi connectivity index (χ2v) is 5.33. The monoisotopic (exact) mass is 267 g/mol. The fourth-order valence-corrected chi connectivity index (χ4v) is 2.22. The van der Waals surface area contributed by atoms with E-state index in [0.717, 1.165) is 37.6 Å². The Morgan fingerprint density at radius 2 is 2.05 bits per heavy atom. The fraction of sp³-hybridized carbons (Fsp3) is 0.812. The lowest BCUT2D eigenvalue weighted by molar-refractivity contribution is 0.447. The highest BCUT2D eigenvalue weighted by atomic mass is 15.0. The van der Waals surface area contributed by atoms with Crippen LogP contribution in [-0.4, -0.2) is 25.5 Å². The van der Waals surface area contributed by atoms with Gasteiger partial charge in [0.15, 0.2) is 0 Å². The summed E-state index contributed by atoms with van der Waals surface area (Å²) >= 11 is 0. The summed E-state index contributed by atoms with van der Waals surface area (Å²) in [7, 11) is 1.97. The summed E-state index contributed by atoms with van der Waals surface area (Å²) in [5.41, 5.74) is 6.07. The number of nitrogens with one attached hydrogen (secondary N) is 1. The van der Waals surface area contributed by atoms with Gasteiger partial charge in [-0.2, -0.15) is 0 Å². The summed E-state index contributed by atoms with van der Waals surface area (Å²) in [5.74, 6) is 1.55. The molecule has 0 saturated carbocycles. The highest BCUT2D eigenvalue weighted by Crippen LogP contribution is 2.13. The van der Waals surface area contributed by atoms with E-state index in [4.69, 9.17) is 5.73 Å². The minimum Gasteiger partial charge on any atom is -0.386 e. The van der Waals surface area contributed by atoms with Crippen LogP contribution < -0.4 is 11.1 Å². The molecule has 0 spiro atoms. The van der Waals surface area contributed by atoms with E-state index in [2.05, 4.69) is 36.3 Å². The lowest BCUT2D eigenvalue weighted by Gasteiger charge is -2.18. The van der Waals surface area contributed by atoms with E-state index in [-0.39, 0.29) is 6.04 Å². The predicted octanol–water partition coefficient (Wildman–Crippen LogP) is 3.50. The second-order valence-electron chi connectivity index (χ2n) is 5.33. The number of amidine groups is 1. The summed E-state index contributed by atoms with van der Waals surface area (Å²) in [6.07, 6.45) is 11.3. The summed E-state index contributed by atoms with van der Waals surface area (Å²) in [6.45, 7) is 7.44. The van der Waals surface area contributed by atoms with Crippen molar-refractivity contribution in [3.63, 3.8) is 0 Å². The van der Waals surface area contributed by atoms with E-state index in [1.54, 1.807) is 0 Å². The molecule has 0 aromatic rings. The number of likely N-dealkylation sites (N-methyl/N-ethyl adjacent to an activating group) is 1. The predicted molar refractivity (Wildman–Crippen MR) is 86.7 cm³/mol. The average molecular weight is 267 g/mol. The molecular formula is C16H33N3. The number of hydrogen-bond acceptors (Lipinski definition) is 2. The van der Waals surface area contributed by atoms with E-state index in [1.165, 1.54) is 19.3 Å². The average Bonchev–Trinajstić information content (AvgIpc) is 2.39. The van der Waals surface area contributed by atoms with Crippen LogP contribution in [-0.2, 0) is 0 Å². The number of aliphatic imine (C=N–C) groups is 1. The fourth-order valence-electron chi connectivity index (χ4n) is 2.22. The molecule has 3 N–H and O–H groups in total. The van der Waals surface area contributed by atoms with Crippen LogP contribution in [0.4, 0.5) is 0 Å². The zero-order valence-electron chi connectivity index (χ0n) is 13.3. The maximum Gasteiger partial charge on any atom is 0.111 e. The van der Waals surface area contributed by atoms with Crippen LogP contribution >= 0.6 is 0 Å². The minimum absolute atomic E-state index is 0.237. The van der Waals surface area contributed by atoms with Crippen molar-refractivity contribution in [3.8, 4) is 0 Å². The highest BCUT2D eigenvalue weighted by Gasteiger charge is 2.12. The van der Waals surface area contributed by atoms with E-state index < -0.39 is 0 Å². The van der Waals surface area contributed by atoms with Crippen molar-refractivity contribution in [1.82, 2.24) is 5.32 Å². The van der Waals surface area contributed by atoms with Gasteiger partial charge < -0.3 is 11.1 Å². The standard InChI is InChI=1S/C16H33N3/c1-5-7-8-9-13-19-16(17)15(18-4)12-11-14(3)10-6-2/h5,7,14-15,18H,6,8-13H2,1-4H3,(H2,17,19)/b7-5-. The van der Waals surface area contributed by atoms with Gasteiger partial charge >= 0.3 is 0 Å². The molecule has 19 heavy (non-hydrogen) atoms. The van der Waals surface area contributed by atoms with Crippen molar-refractivity contribution in [2.24, 2.45) is 16.6 Å². The molecule has 0 rings (SSSR count). The van der Waals surface area contributed by atoms with Crippen LogP contribution in [0.2, 0.25) is 0 Å². The summed E-state index contributed by atoms with van der Waals surface area (Å²) in [5, 5.41) is 3.28. The smallest absolute Gasteiger partial charge is 0.111 e. The van der Waals surface area contributed by atoms with E-state index in [0.29, 0.717) is 0 Å². The molecule has 3 heteroatoms. The molecular weight excluding hydrogens is 234 g/mol. The van der Waals surface area contributed by atoms with Crippen molar-refractivity contribution >= 4 is 5.84 Å². The number of rotatable bonds is 11. The van der Waals surface area contributed by atoms with Crippen molar-refractivity contribution < 1.29 is 0 Å². The van der Waals surface area contributed by atoms with Gasteiger partial charge in [0.25, 0.3) is 0 Å². The maximum atomic E-state index is 6.07. The van der Waals surface area contributed by atoms with Crippen LogP contribution in [0.25, 0.3) is 0 Å². The van der Waals surface area contributed by atoms with Crippen molar-refractivity contribution in [2.45, 2.75) is 65.3 Å². The molecule has 112 valence electrons. The number of allylic oxidation sites excluding steroid dienone is 2. The first-order valence-corrected chi connectivity index (χ1v) is 7.73. The highest BCUT2D eigenvalue weighted by molar-refractivity contribution is 5.85. The first-order chi connectivity index (χ1) is 9.15. The van der Waals surface area contributed by atoms with E-state index >= 15 is 0 Å². The first-order valence-electron chi connectivity index (χ1n) is 7.73. The quantitative estimate of drug-likeness (QED) is 0.260. The first kappa shape index (κ1) is 18.2. The maximum absolute atomic E-state index is 6.07. The van der Waals surface area contributed by atoms with Gasteiger partial charge in [-0.25, -0.2) is 0 Å². The largest absolute Gasteiger partial charge is 0.386 e. The van der Waals surface area contributed by atoms with Crippen LogP contribution in [0.1, 0.15) is 59.3 Å². The number of hydrogen-bond donors (Lipinski definition) is 2. The molecule has 0 radical (unpaired) electrons. The van der Waals surface area contributed by atoms with Crippen LogP contribution in [0, 0.1) is 5.92 Å². The zero-order valence-corrected chi connectivity index (χ0v) is 13.3. The zero-order chi connectivity index (χ0) is 14.5. The molecule has 0 bridgehead atoms. The number of nitrogens with two attached hydrogens (primary N) is 1. The Labute approximate surface area is 119 Å². The Balaban J connectivity index is 4.01. The van der Waals surface area contributed by atoms with Gasteiger partial charge in [0, 0.05) is 6.54 Å². The van der Waals surface area contributed by atoms with E-state index in [9.17, 15) is 0 Å². The molecule has 0 aliphatic carbocycles. The normalized spacial score (nSPS) is 15.9. The third-order valence-corrected chi connectivity index (χ3v) is 3.49. The lowest BCUT2D eigenvalue weighted by atomic mass is 9.97. The van der Waals surface area contributed by atoms with Crippen molar-refractivity contribution in [2.75, 3.05) is 13.6 Å². The van der Waals surface area contributed by atoms with Crippen molar-refractivity contribution in [3.05, 3.63) is 12.2 Å². The molecule has 3 nitrogen and oxygen atoms in total. The number of unbranched alkanes of at least 4 members (excludes halogenated alkanes) is 1. The SMILES string of the molecule is C/C=C\CCCN=C(N)C(CCC(C)CCC)NC. The molecule has 0 saturated heterocycles. The van der Waals surface area contributed by atoms with Gasteiger partial charge in [-0.15, -0.1) is 0 Å². The second kappa shape index (κ2) is 12.2. The Morgan fingerprint density at radius 1 is 1.32 bits per heavy atom. The Bertz CT molecular complexity index is 259. The molecule has 0 aromatic carbocycles. The molecule has 0 heterocycles. The minimum atomic E-state index is 0.237. The van der Waals surface area contributed by atoms with Crippen molar-refractivity contribution in [1.29, 1.82) is 0 Å². The summed E-state index contributed by atoms with van der Waals surface area (Å²) in [4.78, 5) is 4.49. The van der Waals surface area contributed by atoms with Gasteiger partial charge in [-0.3, -0.25) is 4.99 Å². The molecule has 0 aromatic heterocycles. The molecule has 0 amide bonds. The van der Waals surface area contributed by atoms with E-state index in [1.807, 2.05) is 14.0 Å². The Morgan fingerprint density at radius 3 is 2.63 bits per heavy atom. The molecule has 0 aliphatic heterocycles. The van der Waals surface area contributed by atoms with Gasteiger partial charge in [0.05, 0.1) is 6.04 Å². The van der Waals surface area contributed by atoms with Crippen LogP contribution in [0.5, 0.6) is 0 Å².